The molecule has 3 rings (SSSR count). The number of likely N-dealkylation sites (tertiary alicyclic amines) is 1. The number of likely N-dealkylation sites (N-methyl/N-ethyl adjacent to an activating group) is 1. The van der Waals surface area contributed by atoms with Gasteiger partial charge in [0, 0.05) is 29.9 Å². The van der Waals surface area contributed by atoms with Crippen LogP contribution >= 0.6 is 0 Å². The van der Waals surface area contributed by atoms with Crippen molar-refractivity contribution in [2.24, 2.45) is 0 Å². The van der Waals surface area contributed by atoms with Gasteiger partial charge in [0.05, 0.1) is 32.9 Å². The summed E-state index contributed by atoms with van der Waals surface area (Å²) in [7, 11) is 7.97. The number of H-pyrrole nitrogens is 1. The molecular weight excluding hydrogens is 454 g/mol. The van der Waals surface area contributed by atoms with Crippen molar-refractivity contribution in [2.75, 3.05) is 48.5 Å². The van der Waals surface area contributed by atoms with E-state index in [1.807, 2.05) is 19.0 Å². The molecule has 1 amide bonds. The number of rotatable bonds is 8. The molecule has 10 heteroatoms. The van der Waals surface area contributed by atoms with Crippen LogP contribution < -0.4 is 9.47 Å². The number of aliphatic hydroxyl groups excluding tert-OH is 1. The van der Waals surface area contributed by atoms with Crippen LogP contribution in [0.25, 0.3) is 5.76 Å². The number of hydrogen-bond acceptors (Lipinski definition) is 8. The molecule has 0 radical (unpaired) electrons. The number of benzene rings is 1. The quantitative estimate of drug-likeness (QED) is 0.253. The summed E-state index contributed by atoms with van der Waals surface area (Å²) in [4.78, 5) is 44.9. The van der Waals surface area contributed by atoms with Gasteiger partial charge < -0.3 is 34.1 Å². The van der Waals surface area contributed by atoms with Gasteiger partial charge in [0.1, 0.15) is 23.0 Å². The monoisotopic (exact) mass is 485 g/mol. The average Bonchev–Trinajstić information content (AvgIpc) is 3.28. The number of aliphatic hydroxyl groups is 1. The zero-order chi connectivity index (χ0) is 26.0. The van der Waals surface area contributed by atoms with Crippen molar-refractivity contribution in [2.45, 2.75) is 19.9 Å². The van der Waals surface area contributed by atoms with E-state index in [0.717, 1.165) is 0 Å². The molecule has 188 valence electrons. The number of carbonyl (C=O) groups is 3. The second kappa shape index (κ2) is 10.2. The van der Waals surface area contributed by atoms with E-state index >= 15 is 0 Å². The maximum atomic E-state index is 13.3. The van der Waals surface area contributed by atoms with Gasteiger partial charge in [-0.1, -0.05) is 0 Å². The van der Waals surface area contributed by atoms with Gasteiger partial charge in [0.2, 0.25) is 0 Å². The Morgan fingerprint density at radius 2 is 1.83 bits per heavy atom. The number of ketones is 1. The molecule has 1 aromatic carbocycles. The highest BCUT2D eigenvalue weighted by molar-refractivity contribution is 6.46. The average molecular weight is 486 g/mol. The summed E-state index contributed by atoms with van der Waals surface area (Å²) in [6, 6.07) is 4.14. The lowest BCUT2D eigenvalue weighted by atomic mass is 9.93. The summed E-state index contributed by atoms with van der Waals surface area (Å²) in [5.74, 6) is -1.62. The summed E-state index contributed by atoms with van der Waals surface area (Å²) in [6.45, 7) is 4.02. The molecular formula is C25H31N3O7. The molecule has 0 saturated carbocycles. The molecule has 0 bridgehead atoms. The molecule has 2 N–H and O–H groups in total. The van der Waals surface area contributed by atoms with Gasteiger partial charge >= 0.3 is 5.97 Å². The SMILES string of the molecule is COC(=O)c1[nH]c(C)c(C(O)=C2C(=O)C(=O)N(CCN(C)C)[C@@H]2c2cc(OC)ccc2OC)c1C. The van der Waals surface area contributed by atoms with E-state index in [0.29, 0.717) is 34.9 Å². The lowest BCUT2D eigenvalue weighted by Gasteiger charge is -2.28. The molecule has 1 aliphatic rings. The molecule has 10 nitrogen and oxygen atoms in total. The first-order valence-electron chi connectivity index (χ1n) is 11.0. The lowest BCUT2D eigenvalue weighted by molar-refractivity contribution is -0.140. The van der Waals surface area contributed by atoms with Crippen LogP contribution in [0.3, 0.4) is 0 Å². The number of methoxy groups -OCH3 is 3. The Hall–Kier alpha value is -3.79. The summed E-state index contributed by atoms with van der Waals surface area (Å²) in [5.41, 5.74) is 1.68. The van der Waals surface area contributed by atoms with Gasteiger partial charge in [-0.25, -0.2) is 4.79 Å². The Balaban J connectivity index is 2.31. The predicted octanol–water partition coefficient (Wildman–Crippen LogP) is 2.42. The summed E-state index contributed by atoms with van der Waals surface area (Å²) in [6.07, 6.45) is 0. The second-order valence-electron chi connectivity index (χ2n) is 8.52. The fourth-order valence-electron chi connectivity index (χ4n) is 4.34. The fourth-order valence-corrected chi connectivity index (χ4v) is 4.34. The number of carbonyl (C=O) groups excluding carboxylic acids is 3. The van der Waals surface area contributed by atoms with E-state index in [9.17, 15) is 19.5 Å². The number of hydrogen-bond donors (Lipinski definition) is 2. The number of aromatic nitrogens is 1. The maximum absolute atomic E-state index is 13.3. The first kappa shape index (κ1) is 25.8. The van der Waals surface area contributed by atoms with Crippen molar-refractivity contribution in [3.63, 3.8) is 0 Å². The maximum Gasteiger partial charge on any atom is 0.354 e. The number of aromatic amines is 1. The van der Waals surface area contributed by atoms with E-state index < -0.39 is 23.7 Å². The lowest BCUT2D eigenvalue weighted by Crippen LogP contribution is -2.35. The standard InChI is InChI=1S/C25H31N3O7/c1-13-18(14(2)26-20(13)25(32)35-7)22(29)19-21(16-12-15(33-5)8-9-17(16)34-6)28(11-10-27(3)4)24(31)23(19)30/h8-9,12,21,26,29H,10-11H2,1-7H3/t21-/m1/s1. The largest absolute Gasteiger partial charge is 0.507 e. The molecule has 0 aliphatic carbocycles. The van der Waals surface area contributed by atoms with Crippen molar-refractivity contribution in [3.05, 3.63) is 51.9 Å². The van der Waals surface area contributed by atoms with E-state index in [2.05, 4.69) is 4.98 Å². The van der Waals surface area contributed by atoms with Crippen LogP contribution in [-0.4, -0.2) is 86.1 Å². The number of amides is 1. The number of nitrogens with one attached hydrogen (secondary N) is 1. The van der Waals surface area contributed by atoms with Gasteiger partial charge in [-0.05, 0) is 51.7 Å². The molecule has 1 aliphatic heterocycles. The van der Waals surface area contributed by atoms with Crippen LogP contribution in [-0.2, 0) is 14.3 Å². The minimum Gasteiger partial charge on any atom is -0.507 e. The van der Waals surface area contributed by atoms with Crippen LogP contribution in [0.2, 0.25) is 0 Å². The number of esters is 1. The topological polar surface area (TPSA) is 121 Å². The minimum absolute atomic E-state index is 0.0954. The summed E-state index contributed by atoms with van der Waals surface area (Å²) >= 11 is 0. The van der Waals surface area contributed by atoms with Gasteiger partial charge in [-0.15, -0.1) is 0 Å². The van der Waals surface area contributed by atoms with E-state index in [1.165, 1.54) is 26.2 Å². The molecule has 2 aromatic rings. The molecule has 1 aromatic heterocycles. The number of ether oxygens (including phenoxy) is 3. The predicted molar refractivity (Wildman–Crippen MR) is 129 cm³/mol. The highest BCUT2D eigenvalue weighted by Crippen LogP contribution is 2.44. The van der Waals surface area contributed by atoms with Crippen molar-refractivity contribution in [1.82, 2.24) is 14.8 Å². The number of Topliss-reactive ketones (excluding diaryl/α,β-unsaturated/α-hetero) is 1. The summed E-state index contributed by atoms with van der Waals surface area (Å²) in [5, 5.41) is 11.5. The van der Waals surface area contributed by atoms with Crippen molar-refractivity contribution >= 4 is 23.4 Å². The molecule has 0 spiro atoms. The van der Waals surface area contributed by atoms with Crippen molar-refractivity contribution < 1.29 is 33.7 Å². The van der Waals surface area contributed by atoms with Crippen LogP contribution in [0, 0.1) is 13.8 Å². The zero-order valence-corrected chi connectivity index (χ0v) is 21.0. The normalized spacial score (nSPS) is 17.3. The molecule has 1 fully saturated rings. The fraction of sp³-hybridized carbons (Fsp3) is 0.400. The van der Waals surface area contributed by atoms with E-state index in [4.69, 9.17) is 14.2 Å². The van der Waals surface area contributed by atoms with Crippen molar-refractivity contribution in [3.8, 4) is 11.5 Å². The third-order valence-corrected chi connectivity index (χ3v) is 6.12. The van der Waals surface area contributed by atoms with Gasteiger partial charge in [-0.2, -0.15) is 0 Å². The highest BCUT2D eigenvalue weighted by atomic mass is 16.5. The summed E-state index contributed by atoms with van der Waals surface area (Å²) < 4.78 is 15.7. The van der Waals surface area contributed by atoms with Gasteiger partial charge in [0.15, 0.2) is 0 Å². The van der Waals surface area contributed by atoms with Crippen LogP contribution in [0.4, 0.5) is 0 Å². The first-order chi connectivity index (χ1) is 16.6. The third-order valence-electron chi connectivity index (χ3n) is 6.12. The Morgan fingerprint density at radius 1 is 1.14 bits per heavy atom. The molecule has 0 unspecified atom stereocenters. The number of aryl methyl sites for hydroxylation is 1. The smallest absolute Gasteiger partial charge is 0.354 e. The molecule has 1 atom stereocenters. The Morgan fingerprint density at radius 3 is 2.40 bits per heavy atom. The van der Waals surface area contributed by atoms with Gasteiger partial charge in [0.25, 0.3) is 11.7 Å². The van der Waals surface area contributed by atoms with E-state index in [1.54, 1.807) is 32.0 Å². The molecule has 35 heavy (non-hydrogen) atoms. The number of nitrogens with zero attached hydrogens (tertiary/aromatic N) is 2. The van der Waals surface area contributed by atoms with Crippen LogP contribution in [0.15, 0.2) is 23.8 Å². The second-order valence-corrected chi connectivity index (χ2v) is 8.52. The minimum atomic E-state index is -0.935. The Kier molecular flexibility index (Phi) is 7.54. The highest BCUT2D eigenvalue weighted by Gasteiger charge is 2.47. The Labute approximate surface area is 204 Å². The van der Waals surface area contributed by atoms with Gasteiger partial charge in [-0.3, -0.25) is 9.59 Å². The Bertz CT molecular complexity index is 1200. The first-order valence-corrected chi connectivity index (χ1v) is 11.0. The van der Waals surface area contributed by atoms with Crippen LogP contribution in [0.5, 0.6) is 11.5 Å². The van der Waals surface area contributed by atoms with Crippen molar-refractivity contribution in [1.29, 1.82) is 0 Å². The third kappa shape index (κ3) is 4.61. The molecule has 2 heterocycles. The van der Waals surface area contributed by atoms with E-state index in [-0.39, 0.29) is 29.1 Å². The van der Waals surface area contributed by atoms with Crippen LogP contribution in [0.1, 0.15) is 38.9 Å². The molecule has 1 saturated heterocycles. The zero-order valence-electron chi connectivity index (χ0n) is 21.0.